The van der Waals surface area contributed by atoms with Gasteiger partial charge in [-0.25, -0.2) is 0 Å². The maximum absolute atomic E-state index is 11.2. The lowest BCUT2D eigenvalue weighted by Gasteiger charge is -2.13. The summed E-state index contributed by atoms with van der Waals surface area (Å²) in [6.45, 7) is 0.454. The smallest absolute Gasteiger partial charge is 0.248 e. The fourth-order valence-corrected chi connectivity index (χ4v) is 2.18. The van der Waals surface area contributed by atoms with Gasteiger partial charge in [0.1, 0.15) is 0 Å². The van der Waals surface area contributed by atoms with Gasteiger partial charge in [0.05, 0.1) is 18.7 Å². The molecule has 2 rings (SSSR count). The number of ether oxygens (including phenoxy) is 2. The topological polar surface area (TPSA) is 61.5 Å². The molecular weight excluding hydrogens is 290 g/mol. The van der Waals surface area contributed by atoms with Crippen LogP contribution in [0.25, 0.3) is 0 Å². The zero-order valence-electron chi connectivity index (χ0n) is 11.6. The molecule has 0 saturated heterocycles. The summed E-state index contributed by atoms with van der Waals surface area (Å²) in [5.74, 6) is 0.246. The van der Waals surface area contributed by atoms with Crippen molar-refractivity contribution in [2.75, 3.05) is 13.7 Å². The summed E-state index contributed by atoms with van der Waals surface area (Å²) in [6, 6.07) is 13.0. The van der Waals surface area contributed by atoms with Crippen LogP contribution in [-0.2, 0) is 6.42 Å². The standard InChI is InChI=1S/C16H16ClNO3/c1-20-14-10-12(16(18)19)9-13(17)15(14)21-8-7-11-5-3-2-4-6-11/h2-6,9-10H,7-8H2,1H3,(H2,18,19). The Hall–Kier alpha value is -2.20. The van der Waals surface area contributed by atoms with Gasteiger partial charge in [-0.1, -0.05) is 41.9 Å². The molecule has 0 bridgehead atoms. The Morgan fingerprint density at radius 2 is 1.95 bits per heavy atom. The summed E-state index contributed by atoms with van der Waals surface area (Å²) in [4.78, 5) is 11.2. The van der Waals surface area contributed by atoms with E-state index in [1.54, 1.807) is 0 Å². The highest BCUT2D eigenvalue weighted by Crippen LogP contribution is 2.36. The monoisotopic (exact) mass is 305 g/mol. The molecule has 0 aromatic heterocycles. The molecule has 0 heterocycles. The first-order valence-corrected chi connectivity index (χ1v) is 6.83. The zero-order chi connectivity index (χ0) is 15.2. The summed E-state index contributed by atoms with van der Waals surface area (Å²) in [6.07, 6.45) is 0.748. The molecule has 110 valence electrons. The van der Waals surface area contributed by atoms with Gasteiger partial charge in [-0.05, 0) is 17.7 Å². The molecule has 0 aliphatic heterocycles. The second-order valence-electron chi connectivity index (χ2n) is 4.44. The summed E-state index contributed by atoms with van der Waals surface area (Å²) in [7, 11) is 1.49. The molecule has 2 aromatic rings. The fourth-order valence-electron chi connectivity index (χ4n) is 1.92. The van der Waals surface area contributed by atoms with Crippen LogP contribution in [0.1, 0.15) is 15.9 Å². The maximum Gasteiger partial charge on any atom is 0.248 e. The third kappa shape index (κ3) is 3.89. The predicted octanol–water partition coefficient (Wildman–Crippen LogP) is 3.07. The molecular formula is C16H16ClNO3. The van der Waals surface area contributed by atoms with Gasteiger partial charge in [0.2, 0.25) is 5.91 Å². The van der Waals surface area contributed by atoms with E-state index >= 15 is 0 Å². The van der Waals surface area contributed by atoms with E-state index in [9.17, 15) is 4.79 Å². The maximum atomic E-state index is 11.2. The Morgan fingerprint density at radius 1 is 1.24 bits per heavy atom. The number of halogens is 1. The largest absolute Gasteiger partial charge is 0.493 e. The molecule has 0 unspecified atom stereocenters. The van der Waals surface area contributed by atoms with Gasteiger partial charge in [0, 0.05) is 12.0 Å². The van der Waals surface area contributed by atoms with E-state index in [1.807, 2.05) is 30.3 Å². The lowest BCUT2D eigenvalue weighted by molar-refractivity contribution is 0.1000. The molecule has 2 N–H and O–H groups in total. The normalized spacial score (nSPS) is 10.2. The van der Waals surface area contributed by atoms with E-state index in [1.165, 1.54) is 24.8 Å². The lowest BCUT2D eigenvalue weighted by atomic mass is 10.1. The Kier molecular flexibility index (Phi) is 5.06. The molecule has 0 atom stereocenters. The first kappa shape index (κ1) is 15.2. The number of carbonyl (C=O) groups excluding carboxylic acids is 1. The molecule has 5 heteroatoms. The van der Waals surface area contributed by atoms with Crippen LogP contribution >= 0.6 is 11.6 Å². The SMILES string of the molecule is COc1cc(C(N)=O)cc(Cl)c1OCCc1ccccc1. The molecule has 0 aliphatic rings. The van der Waals surface area contributed by atoms with Crippen molar-refractivity contribution in [1.29, 1.82) is 0 Å². The predicted molar refractivity (Wildman–Crippen MR) is 82.2 cm³/mol. The van der Waals surface area contributed by atoms with Gasteiger partial charge >= 0.3 is 0 Å². The number of nitrogens with two attached hydrogens (primary N) is 1. The number of primary amides is 1. The van der Waals surface area contributed by atoms with E-state index in [4.69, 9.17) is 26.8 Å². The van der Waals surface area contributed by atoms with Gasteiger partial charge in [-0.2, -0.15) is 0 Å². The Balaban J connectivity index is 2.10. The summed E-state index contributed by atoms with van der Waals surface area (Å²) >= 11 is 6.13. The van der Waals surface area contributed by atoms with Crippen LogP contribution in [0.15, 0.2) is 42.5 Å². The minimum atomic E-state index is -0.564. The third-order valence-corrected chi connectivity index (χ3v) is 3.27. The van der Waals surface area contributed by atoms with Crippen molar-refractivity contribution in [3.63, 3.8) is 0 Å². The van der Waals surface area contributed by atoms with Crippen LogP contribution in [0.3, 0.4) is 0 Å². The van der Waals surface area contributed by atoms with Crippen molar-refractivity contribution < 1.29 is 14.3 Å². The molecule has 0 fully saturated rings. The summed E-state index contributed by atoms with van der Waals surface area (Å²) < 4.78 is 10.9. The van der Waals surface area contributed by atoms with Gasteiger partial charge in [-0.15, -0.1) is 0 Å². The number of benzene rings is 2. The average molecular weight is 306 g/mol. The number of methoxy groups -OCH3 is 1. The van der Waals surface area contributed by atoms with Crippen molar-refractivity contribution in [3.05, 3.63) is 58.6 Å². The fraction of sp³-hybridized carbons (Fsp3) is 0.188. The minimum Gasteiger partial charge on any atom is -0.493 e. The van der Waals surface area contributed by atoms with E-state index < -0.39 is 5.91 Å². The highest BCUT2D eigenvalue weighted by molar-refractivity contribution is 6.32. The van der Waals surface area contributed by atoms with Crippen molar-refractivity contribution >= 4 is 17.5 Å². The highest BCUT2D eigenvalue weighted by atomic mass is 35.5. The first-order chi connectivity index (χ1) is 10.1. The summed E-state index contributed by atoms with van der Waals surface area (Å²) in [5.41, 5.74) is 6.69. The van der Waals surface area contributed by atoms with Gasteiger partial charge < -0.3 is 15.2 Å². The average Bonchev–Trinajstić information content (AvgIpc) is 2.49. The molecule has 0 aliphatic carbocycles. The molecule has 0 spiro atoms. The lowest BCUT2D eigenvalue weighted by Crippen LogP contribution is -2.11. The highest BCUT2D eigenvalue weighted by Gasteiger charge is 2.14. The van der Waals surface area contributed by atoms with Crippen LogP contribution in [0.4, 0.5) is 0 Å². The number of rotatable bonds is 6. The minimum absolute atomic E-state index is 0.284. The Labute approximate surface area is 128 Å². The van der Waals surface area contributed by atoms with Crippen LogP contribution in [0.5, 0.6) is 11.5 Å². The molecule has 0 saturated carbocycles. The molecule has 1 amide bonds. The Morgan fingerprint density at radius 3 is 2.57 bits per heavy atom. The second-order valence-corrected chi connectivity index (χ2v) is 4.84. The van der Waals surface area contributed by atoms with Crippen LogP contribution in [-0.4, -0.2) is 19.6 Å². The first-order valence-electron chi connectivity index (χ1n) is 6.46. The second kappa shape index (κ2) is 6.99. The van der Waals surface area contributed by atoms with Gasteiger partial charge in [0.15, 0.2) is 11.5 Å². The van der Waals surface area contributed by atoms with Crippen LogP contribution < -0.4 is 15.2 Å². The van der Waals surface area contributed by atoms with E-state index in [0.29, 0.717) is 23.1 Å². The van der Waals surface area contributed by atoms with Crippen molar-refractivity contribution in [2.45, 2.75) is 6.42 Å². The van der Waals surface area contributed by atoms with Crippen molar-refractivity contribution in [2.24, 2.45) is 5.73 Å². The number of hydrogen-bond donors (Lipinski definition) is 1. The molecule has 4 nitrogen and oxygen atoms in total. The van der Waals surface area contributed by atoms with E-state index in [-0.39, 0.29) is 5.56 Å². The Bertz CT molecular complexity index is 629. The molecule has 2 aromatic carbocycles. The quantitative estimate of drug-likeness (QED) is 0.892. The number of hydrogen-bond acceptors (Lipinski definition) is 3. The van der Waals surface area contributed by atoms with Crippen LogP contribution in [0, 0.1) is 0 Å². The third-order valence-electron chi connectivity index (χ3n) is 2.99. The van der Waals surface area contributed by atoms with E-state index in [0.717, 1.165) is 6.42 Å². The zero-order valence-corrected chi connectivity index (χ0v) is 12.4. The van der Waals surface area contributed by atoms with Crippen molar-refractivity contribution in [1.82, 2.24) is 0 Å². The summed E-state index contributed by atoms with van der Waals surface area (Å²) in [5, 5.41) is 0.302. The van der Waals surface area contributed by atoms with Crippen LogP contribution in [0.2, 0.25) is 5.02 Å². The molecule has 0 radical (unpaired) electrons. The van der Waals surface area contributed by atoms with Gasteiger partial charge in [0.25, 0.3) is 0 Å². The van der Waals surface area contributed by atoms with Gasteiger partial charge in [-0.3, -0.25) is 4.79 Å². The number of carbonyl (C=O) groups is 1. The number of amides is 1. The molecule has 21 heavy (non-hydrogen) atoms. The van der Waals surface area contributed by atoms with E-state index in [2.05, 4.69) is 0 Å². The van der Waals surface area contributed by atoms with Crippen molar-refractivity contribution in [3.8, 4) is 11.5 Å².